The Morgan fingerprint density at radius 3 is 2.38 bits per heavy atom. The third-order valence-electron chi connectivity index (χ3n) is 7.50. The first-order chi connectivity index (χ1) is 19.3. The van der Waals surface area contributed by atoms with Crippen LogP contribution in [0.3, 0.4) is 0 Å². The monoisotopic (exact) mass is 543 g/mol. The van der Waals surface area contributed by atoms with Crippen LogP contribution in [-0.2, 0) is 5.60 Å². The fourth-order valence-electron chi connectivity index (χ4n) is 4.93. The van der Waals surface area contributed by atoms with Crippen LogP contribution in [-0.4, -0.2) is 77.7 Å². The largest absolute Gasteiger partial charge is 0.394 e. The van der Waals surface area contributed by atoms with E-state index in [2.05, 4.69) is 39.8 Å². The molecular formula is C28H30FN9O2. The van der Waals surface area contributed by atoms with Crippen molar-refractivity contribution in [1.29, 1.82) is 0 Å². The molecule has 206 valence electrons. The second-order valence-corrected chi connectivity index (χ2v) is 10.2. The molecule has 11 nitrogen and oxygen atoms in total. The van der Waals surface area contributed by atoms with Crippen molar-refractivity contribution in [2.24, 2.45) is 0 Å². The second kappa shape index (κ2) is 10.3. The first kappa shape index (κ1) is 25.8. The van der Waals surface area contributed by atoms with Gasteiger partial charge in [-0.3, -0.25) is 4.68 Å². The van der Waals surface area contributed by atoms with Gasteiger partial charge in [0.2, 0.25) is 5.95 Å². The van der Waals surface area contributed by atoms with Crippen molar-refractivity contribution in [3.63, 3.8) is 0 Å². The number of rotatable bonds is 7. The maximum absolute atomic E-state index is 13.3. The van der Waals surface area contributed by atoms with E-state index < -0.39 is 5.60 Å². The van der Waals surface area contributed by atoms with E-state index in [9.17, 15) is 14.6 Å². The molecule has 6 rings (SSSR count). The predicted molar refractivity (Wildman–Crippen MR) is 148 cm³/mol. The quantitative estimate of drug-likeness (QED) is 0.283. The van der Waals surface area contributed by atoms with Crippen molar-refractivity contribution in [3.05, 3.63) is 78.4 Å². The molecule has 1 aliphatic rings. The van der Waals surface area contributed by atoms with Gasteiger partial charge in [-0.1, -0.05) is 12.1 Å². The van der Waals surface area contributed by atoms with Crippen molar-refractivity contribution in [2.45, 2.75) is 25.5 Å². The van der Waals surface area contributed by atoms with Crippen LogP contribution in [0.25, 0.3) is 22.3 Å². The average Bonchev–Trinajstić information content (AvgIpc) is 3.65. The van der Waals surface area contributed by atoms with E-state index in [1.807, 2.05) is 19.2 Å². The second-order valence-electron chi connectivity index (χ2n) is 10.2. The van der Waals surface area contributed by atoms with Gasteiger partial charge in [0.1, 0.15) is 29.2 Å². The molecule has 5 heterocycles. The topological polar surface area (TPSA) is 132 Å². The zero-order valence-electron chi connectivity index (χ0n) is 22.2. The zero-order chi connectivity index (χ0) is 27.9. The highest BCUT2D eigenvalue weighted by Crippen LogP contribution is 2.31. The summed E-state index contributed by atoms with van der Waals surface area (Å²) in [4.78, 5) is 25.8. The molecule has 1 fully saturated rings. The molecular weight excluding hydrogens is 513 g/mol. The summed E-state index contributed by atoms with van der Waals surface area (Å²) in [6.07, 6.45) is 8.48. The molecule has 40 heavy (non-hydrogen) atoms. The number of halogens is 1. The van der Waals surface area contributed by atoms with Gasteiger partial charge in [-0.25, -0.2) is 24.3 Å². The minimum Gasteiger partial charge on any atom is -0.394 e. The lowest BCUT2D eigenvalue weighted by Crippen LogP contribution is -2.47. The number of hydrogen-bond donors (Lipinski definition) is 3. The molecule has 1 saturated heterocycles. The standard InChI is InChI=1S/C28H30FN9O2/c1-18(16-39)38-15-19(12-34-38)24-11-23-25(35-24)32-17-33-26(23)36-7-9-37(10-8-36)27-30-13-21(14-31-27)28(2,40)20-3-5-22(29)6-4-20/h3-6,11-15,17-18,39-40H,7-10,16H2,1-2H3,(H,32,33,35)/t18-,28?/m1/s1. The Hall–Kier alpha value is -4.42. The van der Waals surface area contributed by atoms with Gasteiger partial charge in [0.25, 0.3) is 0 Å². The Labute approximate surface area is 230 Å². The lowest BCUT2D eigenvalue weighted by atomic mass is 9.90. The molecule has 4 aromatic heterocycles. The Balaban J connectivity index is 1.16. The molecule has 1 aromatic carbocycles. The number of anilines is 2. The van der Waals surface area contributed by atoms with Crippen LogP contribution in [0.1, 0.15) is 31.0 Å². The average molecular weight is 544 g/mol. The van der Waals surface area contributed by atoms with Gasteiger partial charge in [0.15, 0.2) is 0 Å². The summed E-state index contributed by atoms with van der Waals surface area (Å²) in [6.45, 7) is 6.40. The summed E-state index contributed by atoms with van der Waals surface area (Å²) in [7, 11) is 0. The first-order valence-electron chi connectivity index (χ1n) is 13.1. The van der Waals surface area contributed by atoms with Gasteiger partial charge in [0.05, 0.1) is 29.9 Å². The molecule has 12 heteroatoms. The molecule has 0 bridgehead atoms. The Morgan fingerprint density at radius 1 is 0.975 bits per heavy atom. The lowest BCUT2D eigenvalue weighted by Gasteiger charge is -2.35. The number of aromatic nitrogens is 7. The van der Waals surface area contributed by atoms with Crippen LogP contribution in [0, 0.1) is 5.82 Å². The molecule has 0 amide bonds. The van der Waals surface area contributed by atoms with Crippen LogP contribution < -0.4 is 9.80 Å². The van der Waals surface area contributed by atoms with Gasteiger partial charge >= 0.3 is 0 Å². The van der Waals surface area contributed by atoms with E-state index >= 15 is 0 Å². The fraction of sp³-hybridized carbons (Fsp3) is 0.321. The van der Waals surface area contributed by atoms with Gasteiger partial charge in [-0.15, -0.1) is 0 Å². The summed E-state index contributed by atoms with van der Waals surface area (Å²) in [6, 6.07) is 7.71. The number of aromatic amines is 1. The van der Waals surface area contributed by atoms with Gasteiger partial charge in [0, 0.05) is 55.9 Å². The maximum atomic E-state index is 13.3. The SMILES string of the molecule is C[C@H](CO)n1cc(-c2cc3c(N4CCN(c5ncc(C(C)(O)c6ccc(F)cc6)cn5)CC4)ncnc3[nH]2)cn1. The molecule has 0 spiro atoms. The third kappa shape index (κ3) is 4.75. The van der Waals surface area contributed by atoms with Crippen molar-refractivity contribution < 1.29 is 14.6 Å². The fourth-order valence-corrected chi connectivity index (χ4v) is 4.93. The van der Waals surface area contributed by atoms with Crippen LogP contribution in [0.15, 0.2) is 61.4 Å². The highest BCUT2D eigenvalue weighted by Gasteiger charge is 2.28. The summed E-state index contributed by atoms with van der Waals surface area (Å²) < 4.78 is 15.1. The third-order valence-corrected chi connectivity index (χ3v) is 7.50. The van der Waals surface area contributed by atoms with Crippen LogP contribution in [0.2, 0.25) is 0 Å². The molecule has 3 N–H and O–H groups in total. The minimum absolute atomic E-state index is 0.0153. The van der Waals surface area contributed by atoms with Crippen LogP contribution in [0.4, 0.5) is 16.2 Å². The normalized spacial score (nSPS) is 16.3. The van der Waals surface area contributed by atoms with E-state index in [4.69, 9.17) is 0 Å². The van der Waals surface area contributed by atoms with Crippen molar-refractivity contribution in [1.82, 2.24) is 34.7 Å². The summed E-state index contributed by atoms with van der Waals surface area (Å²) in [5.74, 6) is 1.09. The number of benzene rings is 1. The Morgan fingerprint density at radius 2 is 1.68 bits per heavy atom. The van der Waals surface area contributed by atoms with Crippen molar-refractivity contribution >= 4 is 22.8 Å². The highest BCUT2D eigenvalue weighted by molar-refractivity contribution is 5.91. The number of nitrogens with one attached hydrogen (secondary N) is 1. The first-order valence-corrected chi connectivity index (χ1v) is 13.1. The highest BCUT2D eigenvalue weighted by atomic mass is 19.1. The Bertz CT molecular complexity index is 1610. The smallest absolute Gasteiger partial charge is 0.225 e. The van der Waals surface area contributed by atoms with Crippen molar-refractivity contribution in [2.75, 3.05) is 42.6 Å². The van der Waals surface area contributed by atoms with E-state index in [-0.39, 0.29) is 18.5 Å². The number of aliphatic hydroxyl groups excluding tert-OH is 1. The molecule has 0 aliphatic carbocycles. The summed E-state index contributed by atoms with van der Waals surface area (Å²) >= 11 is 0. The molecule has 1 aliphatic heterocycles. The summed E-state index contributed by atoms with van der Waals surface area (Å²) in [5.41, 5.74) is 2.30. The number of nitrogens with zero attached hydrogens (tertiary/aromatic N) is 8. The number of aliphatic hydroxyl groups is 2. The number of piperazine rings is 1. The zero-order valence-corrected chi connectivity index (χ0v) is 22.2. The van der Waals surface area contributed by atoms with E-state index in [0.29, 0.717) is 30.2 Å². The number of hydrogen-bond acceptors (Lipinski definition) is 9. The molecule has 5 aromatic rings. The van der Waals surface area contributed by atoms with Crippen molar-refractivity contribution in [3.8, 4) is 11.3 Å². The van der Waals surface area contributed by atoms with E-state index in [1.165, 1.54) is 12.1 Å². The van der Waals surface area contributed by atoms with Crippen LogP contribution in [0.5, 0.6) is 0 Å². The molecule has 0 radical (unpaired) electrons. The summed E-state index contributed by atoms with van der Waals surface area (Å²) in [5, 5.41) is 25.8. The maximum Gasteiger partial charge on any atom is 0.225 e. The number of H-pyrrole nitrogens is 1. The van der Waals surface area contributed by atoms with Gasteiger partial charge in [-0.05, 0) is 37.6 Å². The van der Waals surface area contributed by atoms with E-state index in [0.717, 1.165) is 41.2 Å². The molecule has 2 atom stereocenters. The minimum atomic E-state index is -1.34. The molecule has 0 saturated carbocycles. The van der Waals surface area contributed by atoms with Gasteiger partial charge in [-0.2, -0.15) is 5.10 Å². The Kier molecular flexibility index (Phi) is 6.64. The lowest BCUT2D eigenvalue weighted by molar-refractivity contribution is 0.101. The number of fused-ring (bicyclic) bond motifs is 1. The van der Waals surface area contributed by atoms with Crippen LogP contribution >= 0.6 is 0 Å². The predicted octanol–water partition coefficient (Wildman–Crippen LogP) is 2.89. The van der Waals surface area contributed by atoms with E-state index in [1.54, 1.807) is 48.7 Å². The molecule has 1 unspecified atom stereocenters. The van der Waals surface area contributed by atoms with Gasteiger partial charge < -0.3 is 25.0 Å².